The number of ether oxygens (including phenoxy) is 1. The molecule has 3 rings (SSSR count). The van der Waals surface area contributed by atoms with Crippen LogP contribution in [-0.4, -0.2) is 6.61 Å². The number of rotatable bonds is 2. The Morgan fingerprint density at radius 3 is 2.80 bits per heavy atom. The molecule has 2 aromatic rings. The Kier molecular flexibility index (Phi) is 4.03. The molecule has 2 aromatic carbocycles. The molecule has 1 heterocycles. The number of hydrogen-bond acceptors (Lipinski definition) is 2. The van der Waals surface area contributed by atoms with Crippen molar-refractivity contribution in [2.75, 3.05) is 11.9 Å². The number of hydrogen-bond donors (Lipinski definition) is 1. The van der Waals surface area contributed by atoms with E-state index in [2.05, 4.69) is 68.4 Å². The molecule has 0 aliphatic carbocycles. The predicted octanol–water partition coefficient (Wildman–Crippen LogP) is 5.46. The molecule has 2 nitrogen and oxygen atoms in total. The molecule has 0 spiro atoms. The van der Waals surface area contributed by atoms with Gasteiger partial charge in [-0.1, -0.05) is 37.9 Å². The van der Waals surface area contributed by atoms with Crippen LogP contribution in [0.4, 0.5) is 5.69 Å². The fourth-order valence-corrected chi connectivity index (χ4v) is 3.16. The first-order valence-electron chi connectivity index (χ1n) is 6.58. The van der Waals surface area contributed by atoms with E-state index in [1.165, 1.54) is 11.1 Å². The quantitative estimate of drug-likeness (QED) is 0.727. The van der Waals surface area contributed by atoms with Crippen molar-refractivity contribution in [1.82, 2.24) is 0 Å². The molecule has 0 saturated heterocycles. The highest BCUT2D eigenvalue weighted by atomic mass is 79.9. The summed E-state index contributed by atoms with van der Waals surface area (Å²) >= 11 is 7.12. The predicted molar refractivity (Wildman–Crippen MR) is 89.5 cm³/mol. The maximum absolute atomic E-state index is 5.72. The number of fused-ring (bicyclic) bond motifs is 1. The van der Waals surface area contributed by atoms with E-state index in [0.717, 1.165) is 33.4 Å². The lowest BCUT2D eigenvalue weighted by atomic mass is 10.00. The monoisotopic (exact) mass is 395 g/mol. The van der Waals surface area contributed by atoms with Crippen molar-refractivity contribution in [1.29, 1.82) is 0 Å². The van der Waals surface area contributed by atoms with Gasteiger partial charge in [0.05, 0.1) is 12.6 Å². The minimum atomic E-state index is 0.283. The van der Waals surface area contributed by atoms with Crippen LogP contribution in [0.5, 0.6) is 5.75 Å². The summed E-state index contributed by atoms with van der Waals surface area (Å²) in [6, 6.07) is 12.8. The van der Waals surface area contributed by atoms with Gasteiger partial charge in [0.1, 0.15) is 5.75 Å². The zero-order valence-corrected chi connectivity index (χ0v) is 14.3. The molecule has 0 amide bonds. The average molecular weight is 397 g/mol. The third-order valence-corrected chi connectivity index (χ3v) is 4.87. The molecule has 0 fully saturated rings. The first-order valence-corrected chi connectivity index (χ1v) is 8.17. The summed E-state index contributed by atoms with van der Waals surface area (Å²) in [7, 11) is 0. The molecule has 1 atom stereocenters. The highest BCUT2D eigenvalue weighted by molar-refractivity contribution is 9.10. The van der Waals surface area contributed by atoms with Crippen LogP contribution in [0.3, 0.4) is 0 Å². The SMILES string of the molecule is Cc1ccc(NC2CCOc3ccc(Br)cc32)cc1Br. The Labute approximate surface area is 135 Å². The Bertz CT molecular complexity index is 642. The third kappa shape index (κ3) is 2.86. The normalized spacial score (nSPS) is 17.2. The fraction of sp³-hybridized carbons (Fsp3) is 0.250. The van der Waals surface area contributed by atoms with Crippen LogP contribution < -0.4 is 10.1 Å². The van der Waals surface area contributed by atoms with E-state index in [1.54, 1.807) is 0 Å². The summed E-state index contributed by atoms with van der Waals surface area (Å²) in [5.41, 5.74) is 3.58. The molecule has 1 aliphatic rings. The number of anilines is 1. The minimum absolute atomic E-state index is 0.283. The molecular weight excluding hydrogens is 382 g/mol. The summed E-state index contributed by atoms with van der Waals surface area (Å²) in [4.78, 5) is 0. The molecule has 1 aliphatic heterocycles. The van der Waals surface area contributed by atoms with Crippen LogP contribution in [-0.2, 0) is 0 Å². The van der Waals surface area contributed by atoms with Crippen molar-refractivity contribution in [3.63, 3.8) is 0 Å². The fourth-order valence-electron chi connectivity index (χ4n) is 2.40. The lowest BCUT2D eigenvalue weighted by Crippen LogP contribution is -2.20. The van der Waals surface area contributed by atoms with Gasteiger partial charge in [-0.25, -0.2) is 0 Å². The van der Waals surface area contributed by atoms with Crippen LogP contribution in [0.15, 0.2) is 45.3 Å². The van der Waals surface area contributed by atoms with Gasteiger partial charge < -0.3 is 10.1 Å². The highest BCUT2D eigenvalue weighted by Crippen LogP contribution is 2.36. The minimum Gasteiger partial charge on any atom is -0.493 e. The molecule has 104 valence electrons. The maximum Gasteiger partial charge on any atom is 0.124 e. The number of halogens is 2. The van der Waals surface area contributed by atoms with Crippen molar-refractivity contribution in [2.45, 2.75) is 19.4 Å². The topological polar surface area (TPSA) is 21.3 Å². The summed E-state index contributed by atoms with van der Waals surface area (Å²) in [5.74, 6) is 0.975. The largest absolute Gasteiger partial charge is 0.493 e. The molecule has 0 aromatic heterocycles. The summed E-state index contributed by atoms with van der Waals surface area (Å²) in [5, 5.41) is 3.60. The molecular formula is C16H15Br2NO. The first kappa shape index (κ1) is 14.0. The van der Waals surface area contributed by atoms with Crippen LogP contribution in [0.2, 0.25) is 0 Å². The number of benzene rings is 2. The second-order valence-electron chi connectivity index (χ2n) is 4.98. The van der Waals surface area contributed by atoms with Crippen molar-refractivity contribution < 1.29 is 4.74 Å². The molecule has 0 bridgehead atoms. The lowest BCUT2D eigenvalue weighted by molar-refractivity contribution is 0.274. The van der Waals surface area contributed by atoms with Crippen LogP contribution in [0.1, 0.15) is 23.6 Å². The Morgan fingerprint density at radius 1 is 1.15 bits per heavy atom. The van der Waals surface area contributed by atoms with E-state index in [4.69, 9.17) is 4.74 Å². The summed E-state index contributed by atoms with van der Waals surface area (Å²) < 4.78 is 7.93. The standard InChI is InChI=1S/C16H15Br2NO/c1-10-2-4-12(9-14(10)18)19-15-6-7-20-16-5-3-11(17)8-13(15)16/h2-5,8-9,15,19H,6-7H2,1H3. The van der Waals surface area contributed by atoms with E-state index in [1.807, 2.05) is 12.1 Å². The van der Waals surface area contributed by atoms with E-state index >= 15 is 0 Å². The van der Waals surface area contributed by atoms with Crippen molar-refractivity contribution >= 4 is 37.5 Å². The second-order valence-corrected chi connectivity index (χ2v) is 6.75. The summed E-state index contributed by atoms with van der Waals surface area (Å²) in [6.07, 6.45) is 0.967. The second kappa shape index (κ2) is 5.78. The zero-order valence-electron chi connectivity index (χ0n) is 11.1. The van der Waals surface area contributed by atoms with Crippen molar-refractivity contribution in [3.05, 3.63) is 56.5 Å². The Morgan fingerprint density at radius 2 is 2.00 bits per heavy atom. The van der Waals surface area contributed by atoms with Gasteiger partial charge in [-0.3, -0.25) is 0 Å². The van der Waals surface area contributed by atoms with Gasteiger partial charge in [-0.05, 0) is 42.8 Å². The van der Waals surface area contributed by atoms with Gasteiger partial charge in [0.25, 0.3) is 0 Å². The molecule has 0 radical (unpaired) electrons. The van der Waals surface area contributed by atoms with Gasteiger partial charge >= 0.3 is 0 Å². The first-order chi connectivity index (χ1) is 9.63. The van der Waals surface area contributed by atoms with E-state index in [0.29, 0.717) is 0 Å². The van der Waals surface area contributed by atoms with Crippen LogP contribution in [0.25, 0.3) is 0 Å². The van der Waals surface area contributed by atoms with Crippen molar-refractivity contribution in [3.8, 4) is 5.75 Å². The smallest absolute Gasteiger partial charge is 0.124 e. The van der Waals surface area contributed by atoms with Gasteiger partial charge in [0, 0.05) is 26.6 Å². The number of nitrogens with one attached hydrogen (secondary N) is 1. The van der Waals surface area contributed by atoms with Gasteiger partial charge in [-0.2, -0.15) is 0 Å². The van der Waals surface area contributed by atoms with E-state index in [-0.39, 0.29) is 6.04 Å². The molecule has 1 N–H and O–H groups in total. The third-order valence-electron chi connectivity index (χ3n) is 3.52. The molecule has 1 unspecified atom stereocenters. The van der Waals surface area contributed by atoms with E-state index < -0.39 is 0 Å². The average Bonchev–Trinajstić information content (AvgIpc) is 2.44. The highest BCUT2D eigenvalue weighted by Gasteiger charge is 2.21. The van der Waals surface area contributed by atoms with Gasteiger partial charge in [0.2, 0.25) is 0 Å². The summed E-state index contributed by atoms with van der Waals surface area (Å²) in [6.45, 7) is 2.84. The van der Waals surface area contributed by atoms with Gasteiger partial charge in [-0.15, -0.1) is 0 Å². The Hall–Kier alpha value is -1.000. The maximum atomic E-state index is 5.72. The van der Waals surface area contributed by atoms with Crippen LogP contribution >= 0.6 is 31.9 Å². The number of aryl methyl sites for hydroxylation is 1. The Balaban J connectivity index is 1.89. The zero-order chi connectivity index (χ0) is 14.1. The van der Waals surface area contributed by atoms with Crippen LogP contribution in [0, 0.1) is 6.92 Å². The molecule has 4 heteroatoms. The van der Waals surface area contributed by atoms with Gasteiger partial charge in [0.15, 0.2) is 0 Å². The molecule has 20 heavy (non-hydrogen) atoms. The lowest BCUT2D eigenvalue weighted by Gasteiger charge is -2.28. The van der Waals surface area contributed by atoms with Crippen molar-refractivity contribution in [2.24, 2.45) is 0 Å². The van der Waals surface area contributed by atoms with E-state index in [9.17, 15) is 0 Å². The molecule has 0 saturated carbocycles.